The summed E-state index contributed by atoms with van der Waals surface area (Å²) in [5.74, 6) is -2.42. The Hall–Kier alpha value is -2.42. The summed E-state index contributed by atoms with van der Waals surface area (Å²) in [5, 5.41) is 22.3. The second kappa shape index (κ2) is 28.7. The highest BCUT2D eigenvalue weighted by Gasteiger charge is 2.19. The Labute approximate surface area is 254 Å². The zero-order valence-corrected chi connectivity index (χ0v) is 26.5. The zero-order chi connectivity index (χ0) is 31.3. The molecule has 0 aromatic carbocycles. The number of carbonyl (C=O) groups is 4. The first kappa shape index (κ1) is 39.6. The number of aliphatic carboxylic acids is 1. The van der Waals surface area contributed by atoms with Crippen LogP contribution in [0.3, 0.4) is 0 Å². The van der Waals surface area contributed by atoms with E-state index in [0.717, 1.165) is 57.8 Å². The van der Waals surface area contributed by atoms with Crippen LogP contribution in [0.15, 0.2) is 12.2 Å². The van der Waals surface area contributed by atoms with Gasteiger partial charge < -0.3 is 25.6 Å². The maximum absolute atomic E-state index is 12.3. The number of hydrogen-bond donors (Lipinski definition) is 4. The van der Waals surface area contributed by atoms with Crippen LogP contribution in [0, 0.1) is 0 Å². The fourth-order valence-electron chi connectivity index (χ4n) is 4.70. The summed E-state index contributed by atoms with van der Waals surface area (Å²) in [6.07, 6.45) is 26.1. The number of carbonyl (C=O) groups excluding carboxylic acids is 3. The molecule has 2 atom stereocenters. The van der Waals surface area contributed by atoms with E-state index >= 15 is 0 Å². The van der Waals surface area contributed by atoms with Crippen molar-refractivity contribution in [3.8, 4) is 0 Å². The summed E-state index contributed by atoms with van der Waals surface area (Å²) in [5.41, 5.74) is 0. The highest BCUT2D eigenvalue weighted by molar-refractivity contribution is 5.87. The van der Waals surface area contributed by atoms with E-state index in [2.05, 4.69) is 36.6 Å². The first-order chi connectivity index (χ1) is 20.3. The van der Waals surface area contributed by atoms with Crippen LogP contribution in [0.2, 0.25) is 0 Å². The molecule has 244 valence electrons. The van der Waals surface area contributed by atoms with E-state index in [1.165, 1.54) is 57.8 Å². The van der Waals surface area contributed by atoms with Gasteiger partial charge in [0.15, 0.2) is 0 Å². The SMILES string of the molecule is CCCCCCCC/C=C\CCCCCCCC(=O)OC(CCC)CCCCCC(=O)NCC(=O)NC(CO)C(=O)O. The van der Waals surface area contributed by atoms with Gasteiger partial charge in [0.25, 0.3) is 0 Å². The Balaban J connectivity index is 3.82. The lowest BCUT2D eigenvalue weighted by Crippen LogP contribution is -2.47. The Morgan fingerprint density at radius 1 is 0.690 bits per heavy atom. The minimum atomic E-state index is -1.39. The summed E-state index contributed by atoms with van der Waals surface area (Å²) in [6.45, 7) is 3.26. The molecule has 0 aromatic heterocycles. The van der Waals surface area contributed by atoms with E-state index in [1.807, 2.05) is 0 Å². The average molecular weight is 597 g/mol. The van der Waals surface area contributed by atoms with Gasteiger partial charge in [0, 0.05) is 12.8 Å². The van der Waals surface area contributed by atoms with Crippen LogP contribution in [-0.2, 0) is 23.9 Å². The normalized spacial score (nSPS) is 12.6. The molecule has 2 amide bonds. The fourth-order valence-corrected chi connectivity index (χ4v) is 4.70. The lowest BCUT2D eigenvalue weighted by atomic mass is 10.0. The quantitative estimate of drug-likeness (QED) is 0.0447. The highest BCUT2D eigenvalue weighted by Crippen LogP contribution is 2.15. The van der Waals surface area contributed by atoms with Gasteiger partial charge in [-0.15, -0.1) is 0 Å². The van der Waals surface area contributed by atoms with E-state index in [9.17, 15) is 19.2 Å². The van der Waals surface area contributed by atoms with Crippen molar-refractivity contribution in [2.45, 2.75) is 161 Å². The van der Waals surface area contributed by atoms with Gasteiger partial charge in [0.2, 0.25) is 11.8 Å². The second-order valence-corrected chi connectivity index (χ2v) is 11.3. The van der Waals surface area contributed by atoms with Crippen molar-refractivity contribution < 1.29 is 34.1 Å². The van der Waals surface area contributed by atoms with E-state index in [0.29, 0.717) is 12.8 Å². The number of carboxylic acids is 1. The van der Waals surface area contributed by atoms with Crippen molar-refractivity contribution >= 4 is 23.8 Å². The van der Waals surface area contributed by atoms with Crippen LogP contribution in [0.4, 0.5) is 0 Å². The van der Waals surface area contributed by atoms with Crippen molar-refractivity contribution in [1.82, 2.24) is 10.6 Å². The standard InChI is InChI=1S/C33H60N2O7/c1-3-5-6-7-8-9-10-11-12-13-14-15-16-17-21-25-32(39)42-28(22-4-2)23-19-18-20-24-30(37)34-26-31(38)35-29(27-36)33(40)41/h11-12,28-29,36H,3-10,13-27H2,1-2H3,(H,34,37)(H,35,38)(H,40,41)/b12-11-. The molecule has 0 aliphatic carbocycles. The lowest BCUT2D eigenvalue weighted by Gasteiger charge is -2.17. The number of ether oxygens (including phenoxy) is 1. The summed E-state index contributed by atoms with van der Waals surface area (Å²) in [6, 6.07) is -1.39. The summed E-state index contributed by atoms with van der Waals surface area (Å²) < 4.78 is 5.73. The molecule has 0 fully saturated rings. The molecule has 0 rings (SSSR count). The number of nitrogens with one attached hydrogen (secondary N) is 2. The molecule has 42 heavy (non-hydrogen) atoms. The molecular weight excluding hydrogens is 536 g/mol. The van der Waals surface area contributed by atoms with E-state index in [1.54, 1.807) is 0 Å². The van der Waals surface area contributed by atoms with Crippen molar-refractivity contribution in [2.24, 2.45) is 0 Å². The predicted molar refractivity (Wildman–Crippen MR) is 167 cm³/mol. The first-order valence-corrected chi connectivity index (χ1v) is 16.6. The number of aliphatic hydroxyl groups excluding tert-OH is 1. The van der Waals surface area contributed by atoms with E-state index in [4.69, 9.17) is 14.9 Å². The molecule has 0 radical (unpaired) electrons. The number of carboxylic acid groups (broad SMARTS) is 1. The minimum Gasteiger partial charge on any atom is -0.480 e. The molecule has 0 aliphatic heterocycles. The van der Waals surface area contributed by atoms with Gasteiger partial charge >= 0.3 is 11.9 Å². The Bertz CT molecular complexity index is 742. The molecule has 0 saturated heterocycles. The molecule has 9 heteroatoms. The number of allylic oxidation sites excluding steroid dienone is 2. The van der Waals surface area contributed by atoms with Crippen LogP contribution in [0.1, 0.15) is 149 Å². The molecule has 2 unspecified atom stereocenters. The van der Waals surface area contributed by atoms with Crippen molar-refractivity contribution in [3.05, 3.63) is 12.2 Å². The summed E-state index contributed by atoms with van der Waals surface area (Å²) >= 11 is 0. The van der Waals surface area contributed by atoms with Crippen LogP contribution in [0.5, 0.6) is 0 Å². The third-order valence-electron chi connectivity index (χ3n) is 7.24. The summed E-state index contributed by atoms with van der Waals surface area (Å²) in [7, 11) is 0. The molecule has 4 N–H and O–H groups in total. The number of esters is 1. The van der Waals surface area contributed by atoms with E-state index in [-0.39, 0.29) is 30.9 Å². The Morgan fingerprint density at radius 2 is 1.26 bits per heavy atom. The van der Waals surface area contributed by atoms with Gasteiger partial charge in [-0.05, 0) is 57.8 Å². The minimum absolute atomic E-state index is 0.0862. The Kier molecular flexibility index (Phi) is 27.0. The van der Waals surface area contributed by atoms with Gasteiger partial charge in [-0.1, -0.05) is 90.2 Å². The number of amides is 2. The smallest absolute Gasteiger partial charge is 0.328 e. The van der Waals surface area contributed by atoms with Crippen LogP contribution >= 0.6 is 0 Å². The molecular formula is C33H60N2O7. The molecule has 0 bridgehead atoms. The number of unbranched alkanes of at least 4 members (excludes halogenated alkanes) is 13. The largest absolute Gasteiger partial charge is 0.480 e. The van der Waals surface area contributed by atoms with E-state index < -0.39 is 24.5 Å². The summed E-state index contributed by atoms with van der Waals surface area (Å²) in [4.78, 5) is 46.8. The molecule has 0 saturated carbocycles. The van der Waals surface area contributed by atoms with Gasteiger partial charge in [-0.3, -0.25) is 14.4 Å². The zero-order valence-electron chi connectivity index (χ0n) is 26.5. The van der Waals surface area contributed by atoms with Crippen LogP contribution in [-0.4, -0.2) is 59.3 Å². The van der Waals surface area contributed by atoms with Crippen molar-refractivity contribution in [3.63, 3.8) is 0 Å². The van der Waals surface area contributed by atoms with Gasteiger partial charge in [-0.25, -0.2) is 4.79 Å². The third kappa shape index (κ3) is 25.3. The molecule has 0 heterocycles. The molecule has 9 nitrogen and oxygen atoms in total. The Morgan fingerprint density at radius 3 is 1.86 bits per heavy atom. The van der Waals surface area contributed by atoms with Gasteiger partial charge in [0.1, 0.15) is 12.1 Å². The number of aliphatic hydroxyl groups is 1. The molecule has 0 aromatic rings. The third-order valence-corrected chi connectivity index (χ3v) is 7.24. The molecule has 0 aliphatic rings. The van der Waals surface area contributed by atoms with Crippen molar-refractivity contribution in [2.75, 3.05) is 13.2 Å². The number of rotatable bonds is 29. The highest BCUT2D eigenvalue weighted by atomic mass is 16.5. The monoisotopic (exact) mass is 596 g/mol. The van der Waals surface area contributed by atoms with Crippen LogP contribution in [0.25, 0.3) is 0 Å². The second-order valence-electron chi connectivity index (χ2n) is 11.3. The predicted octanol–water partition coefficient (Wildman–Crippen LogP) is 6.36. The van der Waals surface area contributed by atoms with Gasteiger partial charge in [-0.2, -0.15) is 0 Å². The molecule has 0 spiro atoms. The maximum Gasteiger partial charge on any atom is 0.328 e. The maximum atomic E-state index is 12.3. The first-order valence-electron chi connectivity index (χ1n) is 16.6. The average Bonchev–Trinajstić information content (AvgIpc) is 2.96. The van der Waals surface area contributed by atoms with Gasteiger partial charge in [0.05, 0.1) is 13.2 Å². The number of hydrogen-bond acceptors (Lipinski definition) is 6. The topological polar surface area (TPSA) is 142 Å². The van der Waals surface area contributed by atoms with Crippen LogP contribution < -0.4 is 10.6 Å². The van der Waals surface area contributed by atoms with Crippen molar-refractivity contribution in [1.29, 1.82) is 0 Å². The fraction of sp³-hybridized carbons (Fsp3) is 0.818. The lowest BCUT2D eigenvalue weighted by molar-refractivity contribution is -0.150.